The normalized spacial score (nSPS) is 10.1. The lowest BCUT2D eigenvalue weighted by Gasteiger charge is -2.10. The van der Waals surface area contributed by atoms with E-state index in [0.29, 0.717) is 0 Å². The average molecular weight is 234 g/mol. The lowest BCUT2D eigenvalue weighted by Crippen LogP contribution is -1.99. The van der Waals surface area contributed by atoms with Gasteiger partial charge in [-0.3, -0.25) is 4.98 Å². The first kappa shape index (κ1) is 11.0. The number of aromatic nitrogens is 1. The van der Waals surface area contributed by atoms with E-state index in [9.17, 15) is 0 Å². The molecule has 2 rings (SSSR count). The first-order valence-corrected chi connectivity index (χ1v) is 5.93. The van der Waals surface area contributed by atoms with E-state index in [1.54, 1.807) is 18.4 Å². The number of rotatable bonds is 4. The van der Waals surface area contributed by atoms with Crippen LogP contribution >= 0.6 is 11.3 Å². The fourth-order valence-corrected chi connectivity index (χ4v) is 1.96. The second kappa shape index (κ2) is 4.99. The fraction of sp³-hybridized carbons (Fsp3) is 0.250. The third kappa shape index (κ3) is 2.52. The smallest absolute Gasteiger partial charge is 0.120 e. The molecule has 0 spiro atoms. The molecule has 0 fully saturated rings. The van der Waals surface area contributed by atoms with Gasteiger partial charge in [-0.2, -0.15) is 0 Å². The molecule has 0 bridgehead atoms. The van der Waals surface area contributed by atoms with Gasteiger partial charge in [0, 0.05) is 22.8 Å². The first-order chi connectivity index (χ1) is 7.79. The van der Waals surface area contributed by atoms with Crippen LogP contribution in [0.4, 0.5) is 5.69 Å². The van der Waals surface area contributed by atoms with Gasteiger partial charge in [0.05, 0.1) is 19.2 Å². The Morgan fingerprint density at radius 3 is 3.00 bits per heavy atom. The number of nitrogens with one attached hydrogen (secondary N) is 1. The fourth-order valence-electron chi connectivity index (χ4n) is 1.43. The van der Waals surface area contributed by atoms with Gasteiger partial charge in [-0.05, 0) is 18.6 Å². The second-order valence-corrected chi connectivity index (χ2v) is 4.47. The van der Waals surface area contributed by atoms with Gasteiger partial charge in [0.25, 0.3) is 0 Å². The Morgan fingerprint density at radius 1 is 1.44 bits per heavy atom. The van der Waals surface area contributed by atoms with Crippen molar-refractivity contribution >= 4 is 17.0 Å². The molecule has 84 valence electrons. The van der Waals surface area contributed by atoms with Crippen molar-refractivity contribution in [3.63, 3.8) is 0 Å². The van der Waals surface area contributed by atoms with Gasteiger partial charge in [0.2, 0.25) is 0 Å². The van der Waals surface area contributed by atoms with E-state index in [1.165, 1.54) is 10.4 Å². The molecule has 0 saturated heterocycles. The number of hydrogen-bond donors (Lipinski definition) is 1. The highest BCUT2D eigenvalue weighted by Crippen LogP contribution is 2.22. The van der Waals surface area contributed by atoms with Gasteiger partial charge in [0.15, 0.2) is 0 Å². The average Bonchev–Trinajstić information content (AvgIpc) is 2.81. The lowest BCUT2D eigenvalue weighted by atomic mass is 10.2. The third-order valence-corrected chi connectivity index (χ3v) is 3.16. The van der Waals surface area contributed by atoms with Crippen molar-refractivity contribution in [2.24, 2.45) is 0 Å². The van der Waals surface area contributed by atoms with Crippen LogP contribution in [0.1, 0.15) is 10.4 Å². The monoisotopic (exact) mass is 234 g/mol. The number of ether oxygens (including phenoxy) is 1. The Labute approximate surface area is 99.1 Å². The maximum atomic E-state index is 5.20. The number of benzene rings is 1. The number of methoxy groups -OCH3 is 1. The molecular formula is C12H14N2OS. The van der Waals surface area contributed by atoms with Crippen molar-refractivity contribution in [1.82, 2.24) is 4.98 Å². The number of nitrogens with zero attached hydrogens (tertiary/aromatic N) is 1. The van der Waals surface area contributed by atoms with Gasteiger partial charge in [-0.15, -0.1) is 11.3 Å². The molecule has 0 atom stereocenters. The molecule has 0 unspecified atom stereocenters. The van der Waals surface area contributed by atoms with Crippen molar-refractivity contribution in [2.75, 3.05) is 12.4 Å². The van der Waals surface area contributed by atoms with Crippen LogP contribution in [-0.4, -0.2) is 12.1 Å². The molecule has 1 aromatic carbocycles. The molecule has 2 aromatic rings. The molecule has 4 heteroatoms. The summed E-state index contributed by atoms with van der Waals surface area (Å²) < 4.78 is 5.20. The molecule has 1 N–H and O–H groups in total. The SMILES string of the molecule is COc1ccc(C)c(NCc2cncs2)c1. The number of thiazole rings is 1. The maximum absolute atomic E-state index is 5.20. The summed E-state index contributed by atoms with van der Waals surface area (Å²) in [6, 6.07) is 6.03. The van der Waals surface area contributed by atoms with Gasteiger partial charge >= 0.3 is 0 Å². The van der Waals surface area contributed by atoms with Crippen LogP contribution in [0, 0.1) is 6.92 Å². The molecule has 16 heavy (non-hydrogen) atoms. The molecule has 0 amide bonds. The number of anilines is 1. The van der Waals surface area contributed by atoms with E-state index < -0.39 is 0 Å². The summed E-state index contributed by atoms with van der Waals surface area (Å²) in [7, 11) is 1.68. The summed E-state index contributed by atoms with van der Waals surface area (Å²) >= 11 is 1.65. The van der Waals surface area contributed by atoms with Crippen molar-refractivity contribution in [3.8, 4) is 5.75 Å². The summed E-state index contributed by atoms with van der Waals surface area (Å²) in [5.74, 6) is 0.873. The number of aryl methyl sites for hydroxylation is 1. The van der Waals surface area contributed by atoms with E-state index >= 15 is 0 Å². The molecule has 0 aliphatic rings. The van der Waals surface area contributed by atoms with Crippen LogP contribution in [0.2, 0.25) is 0 Å². The molecule has 3 nitrogen and oxygen atoms in total. The van der Waals surface area contributed by atoms with Gasteiger partial charge < -0.3 is 10.1 Å². The molecule has 0 saturated carbocycles. The Hall–Kier alpha value is -1.55. The van der Waals surface area contributed by atoms with E-state index in [-0.39, 0.29) is 0 Å². The van der Waals surface area contributed by atoms with Gasteiger partial charge in [0.1, 0.15) is 5.75 Å². The lowest BCUT2D eigenvalue weighted by molar-refractivity contribution is 0.415. The summed E-state index contributed by atoms with van der Waals surface area (Å²) in [6.07, 6.45) is 1.88. The summed E-state index contributed by atoms with van der Waals surface area (Å²) in [5, 5.41) is 3.38. The van der Waals surface area contributed by atoms with Crippen molar-refractivity contribution < 1.29 is 4.74 Å². The largest absolute Gasteiger partial charge is 0.497 e. The predicted octanol–water partition coefficient (Wildman–Crippen LogP) is 3.07. The van der Waals surface area contributed by atoms with Crippen LogP contribution in [0.5, 0.6) is 5.75 Å². The predicted molar refractivity (Wildman–Crippen MR) is 67.2 cm³/mol. The van der Waals surface area contributed by atoms with Crippen LogP contribution < -0.4 is 10.1 Å². The van der Waals surface area contributed by atoms with Gasteiger partial charge in [-0.1, -0.05) is 6.07 Å². The summed E-state index contributed by atoms with van der Waals surface area (Å²) in [6.45, 7) is 2.88. The summed E-state index contributed by atoms with van der Waals surface area (Å²) in [5.41, 5.74) is 4.16. The maximum Gasteiger partial charge on any atom is 0.120 e. The molecule has 0 aliphatic carbocycles. The van der Waals surface area contributed by atoms with Gasteiger partial charge in [-0.25, -0.2) is 0 Å². The molecule has 0 radical (unpaired) electrons. The van der Waals surface area contributed by atoms with E-state index in [0.717, 1.165) is 18.0 Å². The van der Waals surface area contributed by atoms with E-state index in [4.69, 9.17) is 4.74 Å². The standard InChI is InChI=1S/C12H14N2OS/c1-9-3-4-10(15-2)5-12(9)14-7-11-6-13-8-16-11/h3-6,8,14H,7H2,1-2H3. The van der Waals surface area contributed by atoms with Crippen LogP contribution in [0.25, 0.3) is 0 Å². The zero-order chi connectivity index (χ0) is 11.4. The minimum absolute atomic E-state index is 0.804. The Kier molecular flexibility index (Phi) is 3.41. The zero-order valence-corrected chi connectivity index (χ0v) is 10.2. The van der Waals surface area contributed by atoms with E-state index in [2.05, 4.69) is 17.2 Å². The first-order valence-electron chi connectivity index (χ1n) is 5.05. The Morgan fingerprint density at radius 2 is 2.31 bits per heavy atom. The van der Waals surface area contributed by atoms with Crippen LogP contribution in [0.15, 0.2) is 29.9 Å². The van der Waals surface area contributed by atoms with Crippen LogP contribution in [-0.2, 0) is 6.54 Å². The van der Waals surface area contributed by atoms with Crippen LogP contribution in [0.3, 0.4) is 0 Å². The summed E-state index contributed by atoms with van der Waals surface area (Å²) in [4.78, 5) is 5.27. The van der Waals surface area contributed by atoms with Crippen molar-refractivity contribution in [3.05, 3.63) is 40.3 Å². The highest BCUT2D eigenvalue weighted by atomic mass is 32.1. The minimum Gasteiger partial charge on any atom is -0.497 e. The van der Waals surface area contributed by atoms with Crippen molar-refractivity contribution in [1.29, 1.82) is 0 Å². The quantitative estimate of drug-likeness (QED) is 0.882. The highest BCUT2D eigenvalue weighted by Gasteiger charge is 2.01. The number of hydrogen-bond acceptors (Lipinski definition) is 4. The van der Waals surface area contributed by atoms with E-state index in [1.807, 2.05) is 29.9 Å². The minimum atomic E-state index is 0.804. The highest BCUT2D eigenvalue weighted by molar-refractivity contribution is 7.09. The molecule has 0 aliphatic heterocycles. The zero-order valence-electron chi connectivity index (χ0n) is 9.36. The Bertz CT molecular complexity index is 454. The Balaban J connectivity index is 2.08. The molecule has 1 aromatic heterocycles. The molecular weight excluding hydrogens is 220 g/mol. The third-order valence-electron chi connectivity index (χ3n) is 2.38. The molecule has 1 heterocycles. The second-order valence-electron chi connectivity index (χ2n) is 3.50. The van der Waals surface area contributed by atoms with Crippen molar-refractivity contribution in [2.45, 2.75) is 13.5 Å². The topological polar surface area (TPSA) is 34.1 Å².